The maximum absolute atomic E-state index is 10.8. The van der Waals surface area contributed by atoms with Crippen LogP contribution in [0, 0.1) is 41.7 Å². The van der Waals surface area contributed by atoms with Gasteiger partial charge in [-0.05, 0) is 16.8 Å². The monoisotopic (exact) mass is 312 g/mol. The van der Waals surface area contributed by atoms with Gasteiger partial charge in [0.15, 0.2) is 0 Å². The normalized spacial score (nSPS) is 9.43. The molecule has 0 aliphatic rings. The molecule has 0 saturated carbocycles. The molecule has 0 heterocycles. The van der Waals surface area contributed by atoms with Crippen molar-refractivity contribution in [1.82, 2.24) is 0 Å². The molecule has 0 radical (unpaired) electrons. The minimum Gasteiger partial charge on any atom is -0.478 e. The summed E-state index contributed by atoms with van der Waals surface area (Å²) in [6, 6.07) is 12.7. The maximum atomic E-state index is 10.8. The molecule has 0 saturated heterocycles. The van der Waals surface area contributed by atoms with Crippen molar-refractivity contribution in [2.45, 2.75) is 0 Å². The number of carbonyl (C=O) groups is 1. The standard InChI is InChI=1S/C11H8O2.Ce/c12-11(13)10-7-3-5-8-4-1-2-6-9(8)10;/h1-7H,(H,12,13);. The third kappa shape index (κ3) is 2.13. The van der Waals surface area contributed by atoms with Crippen LogP contribution in [-0.2, 0) is 0 Å². The van der Waals surface area contributed by atoms with E-state index in [0.29, 0.717) is 5.56 Å². The Labute approximate surface area is 115 Å². The van der Waals surface area contributed by atoms with Gasteiger partial charge in [0.1, 0.15) is 0 Å². The summed E-state index contributed by atoms with van der Waals surface area (Å²) >= 11 is 0. The van der Waals surface area contributed by atoms with Crippen LogP contribution in [0.4, 0.5) is 0 Å². The quantitative estimate of drug-likeness (QED) is 0.878. The Hall–Kier alpha value is -0.453. The van der Waals surface area contributed by atoms with Crippen LogP contribution in [-0.4, -0.2) is 11.1 Å². The van der Waals surface area contributed by atoms with Gasteiger partial charge in [-0.1, -0.05) is 36.4 Å². The third-order valence-corrected chi connectivity index (χ3v) is 2.02. The van der Waals surface area contributed by atoms with Gasteiger partial charge in [-0.3, -0.25) is 0 Å². The van der Waals surface area contributed by atoms with E-state index in [1.807, 2.05) is 30.3 Å². The number of hydrogen-bond acceptors (Lipinski definition) is 1. The van der Waals surface area contributed by atoms with Gasteiger partial charge in [-0.25, -0.2) is 4.79 Å². The fraction of sp³-hybridized carbons (Fsp3) is 0. The summed E-state index contributed by atoms with van der Waals surface area (Å²) in [5.41, 5.74) is 0.359. The van der Waals surface area contributed by atoms with E-state index in [9.17, 15) is 4.79 Å². The second-order valence-corrected chi connectivity index (χ2v) is 2.83. The summed E-state index contributed by atoms with van der Waals surface area (Å²) < 4.78 is 0. The van der Waals surface area contributed by atoms with Gasteiger partial charge in [0.25, 0.3) is 0 Å². The number of carboxylic acid groups (broad SMARTS) is 1. The number of carboxylic acids is 1. The molecule has 0 unspecified atom stereocenters. The predicted molar refractivity (Wildman–Crippen MR) is 50.9 cm³/mol. The van der Waals surface area contributed by atoms with Crippen LogP contribution in [0.2, 0.25) is 0 Å². The maximum Gasteiger partial charge on any atom is 0.336 e. The fourth-order valence-electron chi connectivity index (χ4n) is 1.41. The molecule has 0 bridgehead atoms. The van der Waals surface area contributed by atoms with E-state index in [0.717, 1.165) is 10.8 Å². The molecule has 2 nitrogen and oxygen atoms in total. The second kappa shape index (κ2) is 4.86. The summed E-state index contributed by atoms with van der Waals surface area (Å²) in [6.07, 6.45) is 0. The van der Waals surface area contributed by atoms with Crippen molar-refractivity contribution >= 4 is 16.7 Å². The smallest absolute Gasteiger partial charge is 0.336 e. The zero-order chi connectivity index (χ0) is 9.26. The molecular formula is C11H8CeO2. The van der Waals surface area contributed by atoms with Gasteiger partial charge >= 0.3 is 5.97 Å². The number of rotatable bonds is 1. The first-order chi connectivity index (χ1) is 6.29. The molecular weight excluding hydrogens is 304 g/mol. The number of aromatic carboxylic acids is 1. The first-order valence-electron chi connectivity index (χ1n) is 4.00. The second-order valence-electron chi connectivity index (χ2n) is 2.83. The summed E-state index contributed by atoms with van der Waals surface area (Å²) in [5.74, 6) is -0.878. The number of hydrogen-bond donors (Lipinski definition) is 1. The van der Waals surface area contributed by atoms with Crippen LogP contribution < -0.4 is 0 Å². The Morgan fingerprint density at radius 1 is 1.00 bits per heavy atom. The summed E-state index contributed by atoms with van der Waals surface area (Å²) in [7, 11) is 0. The van der Waals surface area contributed by atoms with E-state index in [1.165, 1.54) is 0 Å². The van der Waals surface area contributed by atoms with Crippen LogP contribution in [0.1, 0.15) is 10.4 Å². The zero-order valence-corrected chi connectivity index (χ0v) is 10.5. The van der Waals surface area contributed by atoms with Crippen LogP contribution in [0.15, 0.2) is 42.5 Å². The molecule has 1 N–H and O–H groups in total. The molecule has 2 aromatic carbocycles. The number of benzene rings is 2. The van der Waals surface area contributed by atoms with Gasteiger partial charge in [0.05, 0.1) is 5.56 Å². The van der Waals surface area contributed by atoms with E-state index in [2.05, 4.69) is 0 Å². The van der Waals surface area contributed by atoms with Crippen LogP contribution in [0.3, 0.4) is 0 Å². The molecule has 0 aliphatic heterocycles. The van der Waals surface area contributed by atoms with Gasteiger partial charge in [-0.2, -0.15) is 0 Å². The molecule has 3 heteroatoms. The first kappa shape index (κ1) is 11.6. The Balaban J connectivity index is 0.000000980. The Kier molecular flexibility index (Phi) is 4.04. The Bertz CT molecular complexity index is 460. The minimum atomic E-state index is -0.878. The van der Waals surface area contributed by atoms with Crippen molar-refractivity contribution in [1.29, 1.82) is 0 Å². The molecule has 0 fully saturated rings. The first-order valence-corrected chi connectivity index (χ1v) is 4.00. The summed E-state index contributed by atoms with van der Waals surface area (Å²) in [5, 5.41) is 10.6. The molecule has 2 aromatic rings. The van der Waals surface area contributed by atoms with Crippen LogP contribution >= 0.6 is 0 Å². The predicted octanol–water partition coefficient (Wildman–Crippen LogP) is 2.54. The zero-order valence-electron chi connectivity index (χ0n) is 7.40. The van der Waals surface area contributed by atoms with Crippen molar-refractivity contribution in [3.8, 4) is 0 Å². The van der Waals surface area contributed by atoms with E-state index in [1.54, 1.807) is 12.1 Å². The van der Waals surface area contributed by atoms with E-state index >= 15 is 0 Å². The number of fused-ring (bicyclic) bond motifs is 1. The van der Waals surface area contributed by atoms with E-state index in [-0.39, 0.29) is 41.7 Å². The largest absolute Gasteiger partial charge is 0.478 e. The molecule has 0 amide bonds. The van der Waals surface area contributed by atoms with E-state index in [4.69, 9.17) is 5.11 Å². The molecule has 0 aromatic heterocycles. The summed E-state index contributed by atoms with van der Waals surface area (Å²) in [4.78, 5) is 10.8. The Morgan fingerprint density at radius 3 is 2.36 bits per heavy atom. The van der Waals surface area contributed by atoms with Gasteiger partial charge in [0.2, 0.25) is 0 Å². The van der Waals surface area contributed by atoms with Gasteiger partial charge in [0, 0.05) is 41.7 Å². The average Bonchev–Trinajstić information content (AvgIpc) is 2.17. The van der Waals surface area contributed by atoms with Crippen molar-refractivity contribution in [2.75, 3.05) is 0 Å². The van der Waals surface area contributed by atoms with Crippen molar-refractivity contribution in [3.63, 3.8) is 0 Å². The van der Waals surface area contributed by atoms with Gasteiger partial charge in [-0.15, -0.1) is 0 Å². The van der Waals surface area contributed by atoms with E-state index < -0.39 is 5.97 Å². The molecule has 68 valence electrons. The molecule has 0 spiro atoms. The minimum absolute atomic E-state index is 0. The molecule has 0 aliphatic carbocycles. The average molecular weight is 312 g/mol. The molecule has 2 rings (SSSR count). The molecule has 0 atom stereocenters. The van der Waals surface area contributed by atoms with Gasteiger partial charge < -0.3 is 5.11 Å². The van der Waals surface area contributed by atoms with Crippen molar-refractivity contribution in [3.05, 3.63) is 48.0 Å². The molecule has 14 heavy (non-hydrogen) atoms. The topological polar surface area (TPSA) is 37.3 Å². The van der Waals surface area contributed by atoms with Crippen LogP contribution in [0.25, 0.3) is 10.8 Å². The van der Waals surface area contributed by atoms with Crippen molar-refractivity contribution in [2.24, 2.45) is 0 Å². The fourth-order valence-corrected chi connectivity index (χ4v) is 1.41. The summed E-state index contributed by atoms with van der Waals surface area (Å²) in [6.45, 7) is 0. The van der Waals surface area contributed by atoms with Crippen LogP contribution in [0.5, 0.6) is 0 Å². The SMILES string of the molecule is O=C(O)c1cccc2ccccc12.[Ce]. The Morgan fingerprint density at radius 2 is 1.64 bits per heavy atom. The third-order valence-electron chi connectivity index (χ3n) is 2.02. The van der Waals surface area contributed by atoms with Crippen molar-refractivity contribution < 1.29 is 51.6 Å².